The number of nitrogens with zero attached hydrogens (tertiary/aromatic N) is 3. The average Bonchev–Trinajstić information content (AvgIpc) is 3.36. The summed E-state index contributed by atoms with van der Waals surface area (Å²) in [6, 6.07) is 15.2. The summed E-state index contributed by atoms with van der Waals surface area (Å²) in [4.78, 5) is 12.6. The van der Waals surface area contributed by atoms with E-state index in [-0.39, 0.29) is 5.57 Å². The van der Waals surface area contributed by atoms with Gasteiger partial charge < -0.3 is 9.47 Å². The van der Waals surface area contributed by atoms with Crippen LogP contribution in [-0.4, -0.2) is 29.3 Å². The van der Waals surface area contributed by atoms with Crippen LogP contribution >= 0.6 is 11.3 Å². The summed E-state index contributed by atoms with van der Waals surface area (Å²) >= 11 is 1.40. The summed E-state index contributed by atoms with van der Waals surface area (Å²) in [5, 5.41) is 22.0. The Hall–Kier alpha value is -3.70. The van der Waals surface area contributed by atoms with E-state index < -0.39 is 5.91 Å². The highest BCUT2D eigenvalue weighted by Gasteiger charge is 2.21. The maximum absolute atomic E-state index is 12.6. The van der Waals surface area contributed by atoms with Crippen LogP contribution in [0.25, 0.3) is 6.08 Å². The van der Waals surface area contributed by atoms with Crippen molar-refractivity contribution in [2.24, 2.45) is 0 Å². The summed E-state index contributed by atoms with van der Waals surface area (Å²) in [7, 11) is 0. The van der Waals surface area contributed by atoms with Gasteiger partial charge in [-0.3, -0.25) is 10.1 Å². The van der Waals surface area contributed by atoms with Crippen molar-refractivity contribution in [2.45, 2.75) is 51.9 Å². The van der Waals surface area contributed by atoms with Crippen LogP contribution in [0, 0.1) is 25.2 Å². The third kappa shape index (κ3) is 6.70. The quantitative estimate of drug-likeness (QED) is 0.212. The molecule has 0 bridgehead atoms. The van der Waals surface area contributed by atoms with E-state index in [0.29, 0.717) is 30.0 Å². The predicted molar refractivity (Wildman–Crippen MR) is 141 cm³/mol. The molecule has 1 fully saturated rings. The van der Waals surface area contributed by atoms with Crippen molar-refractivity contribution in [3.63, 3.8) is 0 Å². The molecule has 0 atom stereocenters. The van der Waals surface area contributed by atoms with Gasteiger partial charge in [0, 0.05) is 5.92 Å². The fourth-order valence-electron chi connectivity index (χ4n) is 4.27. The Labute approximate surface area is 215 Å². The standard InChI is InChI=1S/C28H30N4O3S/c1-19-7-6-8-20(2)25(19)35-16-15-34-24-13-11-21(12-14-24)17-23(18-29)26(33)30-28-32-31-27(36-28)22-9-4-3-5-10-22/h6-8,11-14,17,22H,3-5,9-10,15-16H2,1-2H3,(H,30,32,33). The molecular formula is C28H30N4O3S. The molecule has 0 unspecified atom stereocenters. The Balaban J connectivity index is 1.29. The van der Waals surface area contributed by atoms with Crippen LogP contribution in [0.4, 0.5) is 5.13 Å². The van der Waals surface area contributed by atoms with E-state index in [1.165, 1.54) is 30.6 Å². The van der Waals surface area contributed by atoms with Gasteiger partial charge in [0.1, 0.15) is 41.4 Å². The van der Waals surface area contributed by atoms with E-state index in [0.717, 1.165) is 40.3 Å². The van der Waals surface area contributed by atoms with Crippen molar-refractivity contribution >= 4 is 28.5 Å². The van der Waals surface area contributed by atoms with Crippen molar-refractivity contribution < 1.29 is 14.3 Å². The highest BCUT2D eigenvalue weighted by atomic mass is 32.1. The molecule has 1 amide bonds. The smallest absolute Gasteiger partial charge is 0.268 e. The lowest BCUT2D eigenvalue weighted by atomic mass is 9.90. The van der Waals surface area contributed by atoms with Crippen molar-refractivity contribution in [1.29, 1.82) is 5.26 Å². The molecule has 1 aliphatic carbocycles. The van der Waals surface area contributed by atoms with E-state index in [9.17, 15) is 10.1 Å². The van der Waals surface area contributed by atoms with E-state index in [2.05, 4.69) is 15.5 Å². The minimum absolute atomic E-state index is 0.0000792. The summed E-state index contributed by atoms with van der Waals surface area (Å²) in [6.45, 7) is 4.88. The van der Waals surface area contributed by atoms with Crippen molar-refractivity contribution in [2.75, 3.05) is 18.5 Å². The van der Waals surface area contributed by atoms with Crippen LogP contribution in [0.15, 0.2) is 48.0 Å². The number of hydrogen-bond donors (Lipinski definition) is 1. The maximum Gasteiger partial charge on any atom is 0.268 e. The number of aromatic nitrogens is 2. The summed E-state index contributed by atoms with van der Waals surface area (Å²) in [5.74, 6) is 1.51. The molecule has 1 aromatic heterocycles. The van der Waals surface area contributed by atoms with E-state index in [1.54, 1.807) is 30.3 Å². The number of carbonyl (C=O) groups excluding carboxylic acids is 1. The van der Waals surface area contributed by atoms with Crippen LogP contribution in [0.3, 0.4) is 0 Å². The lowest BCUT2D eigenvalue weighted by molar-refractivity contribution is -0.112. The number of para-hydroxylation sites is 1. The van der Waals surface area contributed by atoms with Crippen molar-refractivity contribution in [3.8, 4) is 17.6 Å². The second-order valence-corrected chi connectivity index (χ2v) is 9.90. The molecule has 1 N–H and O–H groups in total. The first kappa shape index (κ1) is 25.4. The monoisotopic (exact) mass is 502 g/mol. The number of hydrogen-bond acceptors (Lipinski definition) is 7. The first-order chi connectivity index (χ1) is 17.5. The Kier molecular flexibility index (Phi) is 8.69. The Morgan fingerprint density at radius 1 is 1.06 bits per heavy atom. The van der Waals surface area contributed by atoms with Gasteiger partial charge in [-0.15, -0.1) is 10.2 Å². The first-order valence-electron chi connectivity index (χ1n) is 12.2. The molecule has 0 radical (unpaired) electrons. The molecule has 0 saturated heterocycles. The van der Waals surface area contributed by atoms with E-state index in [4.69, 9.17) is 9.47 Å². The van der Waals surface area contributed by atoms with Gasteiger partial charge in [0.05, 0.1) is 0 Å². The zero-order chi connectivity index (χ0) is 25.3. The normalized spacial score (nSPS) is 14.2. The zero-order valence-electron chi connectivity index (χ0n) is 20.6. The molecule has 0 aliphatic heterocycles. The third-order valence-corrected chi connectivity index (χ3v) is 7.18. The number of anilines is 1. The molecule has 3 aromatic rings. The molecule has 186 valence electrons. The number of nitrogens with one attached hydrogen (secondary N) is 1. The zero-order valence-corrected chi connectivity index (χ0v) is 21.4. The minimum atomic E-state index is -0.493. The molecule has 1 saturated carbocycles. The largest absolute Gasteiger partial charge is 0.490 e. The van der Waals surface area contributed by atoms with Gasteiger partial charge in [0.15, 0.2) is 0 Å². The van der Waals surface area contributed by atoms with Gasteiger partial charge in [0.25, 0.3) is 5.91 Å². The number of aryl methyl sites for hydroxylation is 2. The van der Waals surface area contributed by atoms with Gasteiger partial charge in [-0.2, -0.15) is 5.26 Å². The molecular weight excluding hydrogens is 472 g/mol. The van der Waals surface area contributed by atoms with Crippen LogP contribution in [0.2, 0.25) is 0 Å². The second kappa shape index (κ2) is 12.3. The van der Waals surface area contributed by atoms with Crippen LogP contribution < -0.4 is 14.8 Å². The molecule has 7 nitrogen and oxygen atoms in total. The molecule has 8 heteroatoms. The lowest BCUT2D eigenvalue weighted by Crippen LogP contribution is -2.13. The molecule has 4 rings (SSSR count). The maximum atomic E-state index is 12.6. The number of carbonyl (C=O) groups is 1. The number of ether oxygens (including phenoxy) is 2. The Morgan fingerprint density at radius 2 is 1.75 bits per heavy atom. The fraction of sp³-hybridized carbons (Fsp3) is 0.357. The van der Waals surface area contributed by atoms with Crippen LogP contribution in [0.5, 0.6) is 11.5 Å². The molecule has 2 aromatic carbocycles. The highest BCUT2D eigenvalue weighted by molar-refractivity contribution is 7.15. The van der Waals surface area contributed by atoms with Gasteiger partial charge in [-0.05, 0) is 61.6 Å². The number of rotatable bonds is 9. The van der Waals surface area contributed by atoms with E-state index in [1.807, 2.05) is 38.1 Å². The second-order valence-electron chi connectivity index (χ2n) is 8.89. The molecule has 0 spiro atoms. The topological polar surface area (TPSA) is 97.1 Å². The highest BCUT2D eigenvalue weighted by Crippen LogP contribution is 2.35. The van der Waals surface area contributed by atoms with Gasteiger partial charge in [0.2, 0.25) is 5.13 Å². The number of amides is 1. The van der Waals surface area contributed by atoms with Gasteiger partial charge in [-0.25, -0.2) is 0 Å². The first-order valence-corrected chi connectivity index (χ1v) is 13.0. The molecule has 36 heavy (non-hydrogen) atoms. The minimum Gasteiger partial charge on any atom is -0.490 e. The van der Waals surface area contributed by atoms with Crippen molar-refractivity contribution in [3.05, 3.63) is 69.7 Å². The number of benzene rings is 2. The number of nitriles is 1. The van der Waals surface area contributed by atoms with E-state index >= 15 is 0 Å². The van der Waals surface area contributed by atoms with Gasteiger partial charge >= 0.3 is 0 Å². The summed E-state index contributed by atoms with van der Waals surface area (Å²) < 4.78 is 11.6. The average molecular weight is 503 g/mol. The van der Waals surface area contributed by atoms with Gasteiger partial charge in [-0.1, -0.05) is 60.9 Å². The Morgan fingerprint density at radius 3 is 2.44 bits per heavy atom. The van der Waals surface area contributed by atoms with Crippen LogP contribution in [0.1, 0.15) is 59.7 Å². The van der Waals surface area contributed by atoms with Crippen LogP contribution in [-0.2, 0) is 4.79 Å². The summed E-state index contributed by atoms with van der Waals surface area (Å²) in [6.07, 6.45) is 7.46. The van der Waals surface area contributed by atoms with Crippen molar-refractivity contribution in [1.82, 2.24) is 10.2 Å². The SMILES string of the molecule is Cc1cccc(C)c1OCCOc1ccc(C=C(C#N)C(=O)Nc2nnc(C3CCCCC3)s2)cc1. The third-order valence-electron chi connectivity index (χ3n) is 6.18. The summed E-state index contributed by atoms with van der Waals surface area (Å²) in [5.41, 5.74) is 2.92. The predicted octanol–water partition coefficient (Wildman–Crippen LogP) is 6.21. The molecule has 1 heterocycles. The fourth-order valence-corrected chi connectivity index (χ4v) is 5.18. The Bertz CT molecular complexity index is 1230. The molecule has 1 aliphatic rings. The lowest BCUT2D eigenvalue weighted by Gasteiger charge is -2.18.